The normalized spacial score (nSPS) is 16.5. The maximum Gasteiger partial charge on any atom is 0.126 e. The molecule has 2 heterocycles. The van der Waals surface area contributed by atoms with Gasteiger partial charge in [-0.15, -0.1) is 0 Å². The van der Waals surface area contributed by atoms with Crippen LogP contribution in [0.25, 0.3) is 0 Å². The Morgan fingerprint density at radius 1 is 1.13 bits per heavy atom. The number of aromatic nitrogens is 1. The smallest absolute Gasteiger partial charge is 0.126 e. The van der Waals surface area contributed by atoms with E-state index in [9.17, 15) is 5.26 Å². The maximum atomic E-state index is 9.40. The first-order valence-corrected chi connectivity index (χ1v) is 8.23. The van der Waals surface area contributed by atoms with Crippen LogP contribution in [-0.4, -0.2) is 24.6 Å². The standard InChI is InChI=1S/C19H22N4/c20-13-17(15-5-2-1-3-6-15)14-22-19-8-4-7-18(23-19)16-9-11-21-12-10-16/h1-8,16-17,21H,9-12,14H2,(H,22,23). The minimum atomic E-state index is -0.166. The van der Waals surface area contributed by atoms with Crippen molar-refractivity contribution in [1.82, 2.24) is 10.3 Å². The van der Waals surface area contributed by atoms with E-state index in [0.29, 0.717) is 12.5 Å². The molecular weight excluding hydrogens is 284 g/mol. The van der Waals surface area contributed by atoms with E-state index in [-0.39, 0.29) is 5.92 Å². The summed E-state index contributed by atoms with van der Waals surface area (Å²) < 4.78 is 0. The maximum absolute atomic E-state index is 9.40. The van der Waals surface area contributed by atoms with Gasteiger partial charge in [-0.05, 0) is 43.6 Å². The summed E-state index contributed by atoms with van der Waals surface area (Å²) in [6, 6.07) is 18.4. The van der Waals surface area contributed by atoms with Crippen molar-refractivity contribution < 1.29 is 0 Å². The molecule has 23 heavy (non-hydrogen) atoms. The summed E-state index contributed by atoms with van der Waals surface area (Å²) in [5.74, 6) is 1.23. The second-order valence-corrected chi connectivity index (χ2v) is 5.95. The molecule has 0 saturated carbocycles. The molecule has 4 heteroatoms. The van der Waals surface area contributed by atoms with Crippen molar-refractivity contribution in [2.24, 2.45) is 0 Å². The molecule has 0 spiro atoms. The van der Waals surface area contributed by atoms with Crippen molar-refractivity contribution in [2.45, 2.75) is 24.7 Å². The molecule has 1 atom stereocenters. The lowest BCUT2D eigenvalue weighted by Crippen LogP contribution is -2.27. The van der Waals surface area contributed by atoms with Gasteiger partial charge in [0.25, 0.3) is 0 Å². The number of rotatable bonds is 5. The van der Waals surface area contributed by atoms with Gasteiger partial charge >= 0.3 is 0 Å². The van der Waals surface area contributed by atoms with Crippen LogP contribution in [-0.2, 0) is 0 Å². The first kappa shape index (κ1) is 15.5. The lowest BCUT2D eigenvalue weighted by atomic mass is 9.94. The van der Waals surface area contributed by atoms with Crippen LogP contribution in [0.4, 0.5) is 5.82 Å². The third-order valence-electron chi connectivity index (χ3n) is 4.37. The number of nitriles is 1. The van der Waals surface area contributed by atoms with Crippen LogP contribution < -0.4 is 10.6 Å². The molecule has 0 bridgehead atoms. The van der Waals surface area contributed by atoms with Crippen LogP contribution in [0.5, 0.6) is 0 Å². The Kier molecular flexibility index (Phi) is 5.23. The summed E-state index contributed by atoms with van der Waals surface area (Å²) in [5.41, 5.74) is 2.20. The number of nitrogens with one attached hydrogen (secondary N) is 2. The number of anilines is 1. The molecular formula is C19H22N4. The predicted octanol–water partition coefficient (Wildman–Crippen LogP) is 3.27. The van der Waals surface area contributed by atoms with E-state index in [1.807, 2.05) is 36.4 Å². The lowest BCUT2D eigenvalue weighted by molar-refractivity contribution is 0.453. The quantitative estimate of drug-likeness (QED) is 0.890. The van der Waals surface area contributed by atoms with E-state index >= 15 is 0 Å². The number of pyridine rings is 1. The fraction of sp³-hybridized carbons (Fsp3) is 0.368. The summed E-state index contributed by atoms with van der Waals surface area (Å²) in [6.45, 7) is 2.70. The van der Waals surface area contributed by atoms with Crippen molar-refractivity contribution in [3.63, 3.8) is 0 Å². The molecule has 0 radical (unpaired) electrons. The van der Waals surface area contributed by atoms with Gasteiger partial charge in [-0.25, -0.2) is 4.98 Å². The van der Waals surface area contributed by atoms with Gasteiger partial charge in [-0.1, -0.05) is 36.4 Å². The number of hydrogen-bond donors (Lipinski definition) is 2. The fourth-order valence-corrected chi connectivity index (χ4v) is 3.02. The minimum absolute atomic E-state index is 0.166. The van der Waals surface area contributed by atoms with Gasteiger partial charge in [0, 0.05) is 18.2 Å². The number of benzene rings is 1. The Morgan fingerprint density at radius 2 is 1.91 bits per heavy atom. The van der Waals surface area contributed by atoms with E-state index in [1.54, 1.807) is 0 Å². The minimum Gasteiger partial charge on any atom is -0.368 e. The summed E-state index contributed by atoms with van der Waals surface area (Å²) in [4.78, 5) is 4.75. The third-order valence-corrected chi connectivity index (χ3v) is 4.37. The van der Waals surface area contributed by atoms with E-state index in [2.05, 4.69) is 28.8 Å². The monoisotopic (exact) mass is 306 g/mol. The molecule has 1 aromatic heterocycles. The summed E-state index contributed by atoms with van der Waals surface area (Å²) in [6.07, 6.45) is 2.28. The molecule has 1 saturated heterocycles. The zero-order valence-corrected chi connectivity index (χ0v) is 13.2. The third kappa shape index (κ3) is 4.08. The van der Waals surface area contributed by atoms with Crippen molar-refractivity contribution in [2.75, 3.05) is 25.0 Å². The fourth-order valence-electron chi connectivity index (χ4n) is 3.02. The highest BCUT2D eigenvalue weighted by atomic mass is 15.0. The van der Waals surface area contributed by atoms with Gasteiger partial charge < -0.3 is 10.6 Å². The Labute approximate surface area is 137 Å². The highest BCUT2D eigenvalue weighted by Gasteiger charge is 2.17. The Bertz CT molecular complexity index is 657. The van der Waals surface area contributed by atoms with Gasteiger partial charge in [0.05, 0.1) is 12.0 Å². The molecule has 118 valence electrons. The highest BCUT2D eigenvalue weighted by molar-refractivity contribution is 5.38. The molecule has 0 aliphatic carbocycles. The van der Waals surface area contributed by atoms with Crippen LogP contribution in [0.15, 0.2) is 48.5 Å². The van der Waals surface area contributed by atoms with Crippen molar-refractivity contribution in [1.29, 1.82) is 5.26 Å². The molecule has 1 fully saturated rings. The summed E-state index contributed by atoms with van der Waals surface area (Å²) in [7, 11) is 0. The summed E-state index contributed by atoms with van der Waals surface area (Å²) >= 11 is 0. The highest BCUT2D eigenvalue weighted by Crippen LogP contribution is 2.24. The van der Waals surface area contributed by atoms with Gasteiger partial charge in [0.1, 0.15) is 5.82 Å². The predicted molar refractivity (Wildman–Crippen MR) is 92.4 cm³/mol. The van der Waals surface area contributed by atoms with E-state index in [4.69, 9.17) is 4.98 Å². The SMILES string of the molecule is N#CC(CNc1cccc(C2CCNCC2)n1)c1ccccc1. The van der Waals surface area contributed by atoms with Crippen LogP contribution in [0.3, 0.4) is 0 Å². The van der Waals surface area contributed by atoms with Crippen molar-refractivity contribution in [3.8, 4) is 6.07 Å². The van der Waals surface area contributed by atoms with Gasteiger partial charge in [0.15, 0.2) is 0 Å². The van der Waals surface area contributed by atoms with Crippen molar-refractivity contribution >= 4 is 5.82 Å². The number of piperidine rings is 1. The zero-order valence-electron chi connectivity index (χ0n) is 13.2. The van der Waals surface area contributed by atoms with Gasteiger partial charge in [-0.3, -0.25) is 0 Å². The topological polar surface area (TPSA) is 60.7 Å². The second kappa shape index (κ2) is 7.75. The van der Waals surface area contributed by atoms with Gasteiger partial charge in [0.2, 0.25) is 0 Å². The molecule has 2 aromatic rings. The molecule has 1 aliphatic rings. The number of nitrogens with zero attached hydrogens (tertiary/aromatic N) is 2. The number of hydrogen-bond acceptors (Lipinski definition) is 4. The first-order chi connectivity index (χ1) is 11.4. The van der Waals surface area contributed by atoms with Gasteiger partial charge in [-0.2, -0.15) is 5.26 Å². The average Bonchev–Trinajstić information content (AvgIpc) is 2.64. The summed E-state index contributed by atoms with van der Waals surface area (Å²) in [5, 5.41) is 16.1. The molecule has 1 aromatic carbocycles. The Balaban J connectivity index is 1.65. The Morgan fingerprint density at radius 3 is 2.65 bits per heavy atom. The molecule has 0 amide bonds. The van der Waals surface area contributed by atoms with Crippen LogP contribution in [0.2, 0.25) is 0 Å². The Hall–Kier alpha value is -2.38. The van der Waals surface area contributed by atoms with Crippen LogP contribution in [0.1, 0.15) is 35.9 Å². The zero-order chi connectivity index (χ0) is 15.9. The van der Waals surface area contributed by atoms with E-state index in [1.165, 1.54) is 0 Å². The van der Waals surface area contributed by atoms with E-state index < -0.39 is 0 Å². The molecule has 1 aliphatic heterocycles. The van der Waals surface area contributed by atoms with Crippen LogP contribution in [0, 0.1) is 11.3 Å². The second-order valence-electron chi connectivity index (χ2n) is 5.95. The molecule has 2 N–H and O–H groups in total. The molecule has 3 rings (SSSR count). The average molecular weight is 306 g/mol. The molecule has 1 unspecified atom stereocenters. The lowest BCUT2D eigenvalue weighted by Gasteiger charge is -2.22. The molecule has 4 nitrogen and oxygen atoms in total. The van der Waals surface area contributed by atoms with E-state index in [0.717, 1.165) is 43.0 Å². The largest absolute Gasteiger partial charge is 0.368 e. The van der Waals surface area contributed by atoms with Crippen molar-refractivity contribution in [3.05, 3.63) is 59.8 Å². The first-order valence-electron chi connectivity index (χ1n) is 8.23. The van der Waals surface area contributed by atoms with Crippen LogP contribution >= 0.6 is 0 Å².